The Morgan fingerprint density at radius 2 is 1.84 bits per heavy atom. The third-order valence-corrected chi connectivity index (χ3v) is 4.34. The van der Waals surface area contributed by atoms with E-state index in [-0.39, 0.29) is 17.6 Å². The van der Waals surface area contributed by atoms with Crippen LogP contribution in [0.2, 0.25) is 0 Å². The van der Waals surface area contributed by atoms with Crippen molar-refractivity contribution in [2.45, 2.75) is 19.0 Å². The third kappa shape index (κ3) is 3.39. The number of pyridine rings is 1. The standard InChI is InChI=1S/C19H23N5O/c1-13(17(23(2)3)14-9-6-5-7-10-14)21-18-16-15(11-8-12-20-16)19(25)24(4)22-18/h5-13,17H,1-4H3,(H,21,22)/t13-,17+/m0/s1. The molecule has 0 unspecified atom stereocenters. The number of aryl methyl sites for hydroxylation is 1. The second-order valence-corrected chi connectivity index (χ2v) is 6.43. The highest BCUT2D eigenvalue weighted by molar-refractivity contribution is 5.87. The van der Waals surface area contributed by atoms with Gasteiger partial charge in [-0.25, -0.2) is 4.68 Å². The summed E-state index contributed by atoms with van der Waals surface area (Å²) in [7, 11) is 5.77. The predicted molar refractivity (Wildman–Crippen MR) is 101 cm³/mol. The lowest BCUT2D eigenvalue weighted by atomic mass is 9.99. The molecule has 0 saturated heterocycles. The Labute approximate surface area is 147 Å². The number of anilines is 1. The quantitative estimate of drug-likeness (QED) is 0.775. The molecule has 0 aliphatic carbocycles. The minimum atomic E-state index is -0.145. The van der Waals surface area contributed by atoms with Gasteiger partial charge >= 0.3 is 0 Å². The molecule has 0 aliphatic rings. The fourth-order valence-electron chi connectivity index (χ4n) is 3.26. The van der Waals surface area contributed by atoms with Gasteiger partial charge in [0.15, 0.2) is 5.82 Å². The molecule has 0 amide bonds. The summed E-state index contributed by atoms with van der Waals surface area (Å²) in [5.74, 6) is 0.619. The number of nitrogens with one attached hydrogen (secondary N) is 1. The van der Waals surface area contributed by atoms with E-state index in [1.165, 1.54) is 10.2 Å². The highest BCUT2D eigenvalue weighted by atomic mass is 16.1. The lowest BCUT2D eigenvalue weighted by Gasteiger charge is -2.31. The molecule has 0 bridgehead atoms. The molecule has 3 aromatic rings. The van der Waals surface area contributed by atoms with Crippen molar-refractivity contribution in [2.24, 2.45) is 7.05 Å². The van der Waals surface area contributed by atoms with Crippen molar-refractivity contribution in [3.63, 3.8) is 0 Å². The second-order valence-electron chi connectivity index (χ2n) is 6.43. The number of fused-ring (bicyclic) bond motifs is 1. The molecule has 6 heteroatoms. The van der Waals surface area contributed by atoms with Gasteiger partial charge in [-0.05, 0) is 38.7 Å². The van der Waals surface area contributed by atoms with Gasteiger partial charge in [0.2, 0.25) is 0 Å². The van der Waals surface area contributed by atoms with Gasteiger partial charge in [-0.2, -0.15) is 5.10 Å². The zero-order chi connectivity index (χ0) is 18.0. The molecular weight excluding hydrogens is 314 g/mol. The van der Waals surface area contributed by atoms with Crippen molar-refractivity contribution in [1.82, 2.24) is 19.7 Å². The van der Waals surface area contributed by atoms with E-state index < -0.39 is 0 Å². The summed E-state index contributed by atoms with van der Waals surface area (Å²) in [6.45, 7) is 2.11. The van der Waals surface area contributed by atoms with Crippen LogP contribution in [0.15, 0.2) is 53.5 Å². The fourth-order valence-corrected chi connectivity index (χ4v) is 3.26. The Kier molecular flexibility index (Phi) is 4.81. The van der Waals surface area contributed by atoms with E-state index in [0.29, 0.717) is 16.7 Å². The van der Waals surface area contributed by atoms with Crippen LogP contribution in [-0.2, 0) is 7.05 Å². The van der Waals surface area contributed by atoms with E-state index in [1.807, 2.05) is 18.2 Å². The molecular formula is C19H23N5O. The van der Waals surface area contributed by atoms with Crippen molar-refractivity contribution >= 4 is 16.7 Å². The van der Waals surface area contributed by atoms with Gasteiger partial charge in [-0.3, -0.25) is 9.78 Å². The highest BCUT2D eigenvalue weighted by Gasteiger charge is 2.23. The predicted octanol–water partition coefficient (Wildman–Crippen LogP) is 2.43. The number of hydrogen-bond donors (Lipinski definition) is 1. The first kappa shape index (κ1) is 17.1. The molecule has 2 atom stereocenters. The summed E-state index contributed by atoms with van der Waals surface area (Å²) < 4.78 is 1.35. The lowest BCUT2D eigenvalue weighted by Crippen LogP contribution is -2.35. The Hall–Kier alpha value is -2.73. The van der Waals surface area contributed by atoms with Crippen LogP contribution in [0.1, 0.15) is 18.5 Å². The Balaban J connectivity index is 2.00. The average Bonchev–Trinajstić information content (AvgIpc) is 2.60. The highest BCUT2D eigenvalue weighted by Crippen LogP contribution is 2.25. The fraction of sp³-hybridized carbons (Fsp3) is 0.316. The largest absolute Gasteiger partial charge is 0.362 e. The maximum absolute atomic E-state index is 12.3. The first-order valence-corrected chi connectivity index (χ1v) is 8.29. The molecule has 2 heterocycles. The first-order valence-electron chi connectivity index (χ1n) is 8.29. The van der Waals surface area contributed by atoms with Crippen molar-refractivity contribution in [3.8, 4) is 0 Å². The minimum absolute atomic E-state index is 0.0626. The monoisotopic (exact) mass is 337 g/mol. The SMILES string of the molecule is C[C@H](Nc1nn(C)c(=O)c2cccnc12)[C@H](c1ccccc1)N(C)C. The van der Waals surface area contributed by atoms with Crippen LogP contribution >= 0.6 is 0 Å². The van der Waals surface area contributed by atoms with Crippen LogP contribution < -0.4 is 10.9 Å². The van der Waals surface area contributed by atoms with E-state index in [1.54, 1.807) is 25.4 Å². The Morgan fingerprint density at radius 3 is 2.52 bits per heavy atom. The number of hydrogen-bond acceptors (Lipinski definition) is 5. The second kappa shape index (κ2) is 7.03. The van der Waals surface area contributed by atoms with Gasteiger partial charge in [0.1, 0.15) is 5.52 Å². The van der Waals surface area contributed by atoms with Crippen LogP contribution in [0.5, 0.6) is 0 Å². The van der Waals surface area contributed by atoms with Gasteiger partial charge in [0.05, 0.1) is 11.4 Å². The molecule has 0 radical (unpaired) electrons. The molecule has 6 nitrogen and oxygen atoms in total. The number of aromatic nitrogens is 3. The topological polar surface area (TPSA) is 63.1 Å². The number of likely N-dealkylation sites (N-methyl/N-ethyl adjacent to an activating group) is 1. The summed E-state index contributed by atoms with van der Waals surface area (Å²) in [5, 5.41) is 8.41. The van der Waals surface area contributed by atoms with E-state index in [0.717, 1.165) is 0 Å². The molecule has 3 rings (SSSR count). The van der Waals surface area contributed by atoms with Crippen molar-refractivity contribution in [3.05, 3.63) is 64.6 Å². The normalized spacial score (nSPS) is 13.8. The Morgan fingerprint density at radius 1 is 1.12 bits per heavy atom. The molecule has 0 spiro atoms. The zero-order valence-electron chi connectivity index (χ0n) is 15.0. The summed E-state index contributed by atoms with van der Waals surface area (Å²) in [6.07, 6.45) is 1.68. The van der Waals surface area contributed by atoms with Gasteiger partial charge in [0.25, 0.3) is 5.56 Å². The first-order chi connectivity index (χ1) is 12.0. The van der Waals surface area contributed by atoms with Gasteiger partial charge < -0.3 is 10.2 Å². The van der Waals surface area contributed by atoms with Crippen molar-refractivity contribution < 1.29 is 0 Å². The van der Waals surface area contributed by atoms with E-state index >= 15 is 0 Å². The number of rotatable bonds is 5. The average molecular weight is 337 g/mol. The van der Waals surface area contributed by atoms with E-state index in [2.05, 4.69) is 53.5 Å². The Bertz CT molecular complexity index is 920. The molecule has 1 N–H and O–H groups in total. The number of benzene rings is 1. The van der Waals surface area contributed by atoms with Crippen LogP contribution in [0.3, 0.4) is 0 Å². The maximum Gasteiger partial charge on any atom is 0.276 e. The molecule has 0 saturated carbocycles. The number of nitrogens with zero attached hydrogens (tertiary/aromatic N) is 4. The van der Waals surface area contributed by atoms with Crippen LogP contribution in [-0.4, -0.2) is 39.8 Å². The van der Waals surface area contributed by atoms with Gasteiger partial charge in [0, 0.05) is 19.3 Å². The van der Waals surface area contributed by atoms with Gasteiger partial charge in [-0.1, -0.05) is 30.3 Å². The third-order valence-electron chi connectivity index (χ3n) is 4.34. The van der Waals surface area contributed by atoms with Crippen LogP contribution in [0.25, 0.3) is 10.9 Å². The summed E-state index contributed by atoms with van der Waals surface area (Å²) >= 11 is 0. The lowest BCUT2D eigenvalue weighted by molar-refractivity contribution is 0.275. The molecule has 25 heavy (non-hydrogen) atoms. The molecule has 2 aromatic heterocycles. The van der Waals surface area contributed by atoms with Crippen molar-refractivity contribution in [1.29, 1.82) is 0 Å². The summed E-state index contributed by atoms with van der Waals surface area (Å²) in [6, 6.07) is 14.1. The van der Waals surface area contributed by atoms with Crippen molar-refractivity contribution in [2.75, 3.05) is 19.4 Å². The van der Waals surface area contributed by atoms with E-state index in [4.69, 9.17) is 0 Å². The van der Waals surface area contributed by atoms with Crippen LogP contribution in [0.4, 0.5) is 5.82 Å². The molecule has 1 aromatic carbocycles. The van der Waals surface area contributed by atoms with Crippen LogP contribution in [0, 0.1) is 0 Å². The van der Waals surface area contributed by atoms with Gasteiger partial charge in [-0.15, -0.1) is 0 Å². The van der Waals surface area contributed by atoms with E-state index in [9.17, 15) is 4.79 Å². The summed E-state index contributed by atoms with van der Waals surface area (Å²) in [5.41, 5.74) is 1.67. The minimum Gasteiger partial charge on any atom is -0.362 e. The summed E-state index contributed by atoms with van der Waals surface area (Å²) in [4.78, 5) is 18.8. The zero-order valence-corrected chi connectivity index (χ0v) is 15.0. The maximum atomic E-state index is 12.3. The smallest absolute Gasteiger partial charge is 0.276 e. The molecule has 130 valence electrons. The molecule has 0 aliphatic heterocycles. The molecule has 0 fully saturated rings.